The van der Waals surface area contributed by atoms with Gasteiger partial charge in [-0.3, -0.25) is 9.36 Å². The number of aromatic nitrogens is 1. The molecule has 1 aliphatic rings. The summed E-state index contributed by atoms with van der Waals surface area (Å²) in [6.45, 7) is 6.52. The quantitative estimate of drug-likeness (QED) is 0.714. The van der Waals surface area contributed by atoms with Gasteiger partial charge in [0, 0.05) is 32.6 Å². The number of carbonyl (C=O) groups is 1. The molecule has 0 radical (unpaired) electrons. The normalized spacial score (nSPS) is 15.7. The van der Waals surface area contributed by atoms with Gasteiger partial charge in [-0.2, -0.15) is 0 Å². The van der Waals surface area contributed by atoms with Crippen LogP contribution in [0.25, 0.3) is 11.1 Å². The number of carbonyl (C=O) groups excluding carboxylic acids is 1. The second kappa shape index (κ2) is 9.22. The average Bonchev–Trinajstić information content (AvgIpc) is 3.00. The zero-order chi connectivity index (χ0) is 19.2. The van der Waals surface area contributed by atoms with Crippen molar-refractivity contribution in [3.63, 3.8) is 0 Å². The summed E-state index contributed by atoms with van der Waals surface area (Å²) in [6, 6.07) is 7.34. The fourth-order valence-corrected chi connectivity index (χ4v) is 3.92. The number of hydrogen-bond acceptors (Lipinski definition) is 4. The Labute approximate surface area is 160 Å². The lowest BCUT2D eigenvalue weighted by Crippen LogP contribution is -2.41. The minimum Gasteiger partial charge on any atom is -0.408 e. The van der Waals surface area contributed by atoms with Gasteiger partial charge in [-0.25, -0.2) is 4.79 Å². The van der Waals surface area contributed by atoms with E-state index in [1.54, 1.807) is 10.6 Å². The molecule has 0 spiro atoms. The maximum absolute atomic E-state index is 12.6. The molecule has 1 aliphatic heterocycles. The van der Waals surface area contributed by atoms with E-state index in [0.717, 1.165) is 44.5 Å². The highest BCUT2D eigenvalue weighted by Crippen LogP contribution is 2.19. The SMILES string of the molecule is CCCCN(C)CC1CCN(C(=O)CCn2c(=O)oc3ccccc32)CC1. The first-order valence-corrected chi connectivity index (χ1v) is 10.1. The number of nitrogens with zero attached hydrogens (tertiary/aromatic N) is 3. The minimum absolute atomic E-state index is 0.130. The number of aryl methyl sites for hydroxylation is 1. The van der Waals surface area contributed by atoms with Crippen LogP contribution < -0.4 is 5.76 Å². The number of fused-ring (bicyclic) bond motifs is 1. The number of hydrogen-bond donors (Lipinski definition) is 0. The predicted octanol–water partition coefficient (Wildman–Crippen LogP) is 2.96. The van der Waals surface area contributed by atoms with Crippen molar-refractivity contribution in [2.24, 2.45) is 5.92 Å². The molecule has 6 nitrogen and oxygen atoms in total. The minimum atomic E-state index is -0.391. The number of piperidine rings is 1. The first kappa shape index (κ1) is 19.7. The van der Waals surface area contributed by atoms with Crippen LogP contribution in [-0.2, 0) is 11.3 Å². The zero-order valence-electron chi connectivity index (χ0n) is 16.5. The first-order chi connectivity index (χ1) is 13.1. The summed E-state index contributed by atoms with van der Waals surface area (Å²) in [5.74, 6) is 0.416. The summed E-state index contributed by atoms with van der Waals surface area (Å²) in [6.07, 6.45) is 4.94. The van der Waals surface area contributed by atoms with Crippen molar-refractivity contribution in [2.45, 2.75) is 45.6 Å². The molecule has 2 heterocycles. The van der Waals surface area contributed by atoms with Crippen molar-refractivity contribution in [3.05, 3.63) is 34.8 Å². The lowest BCUT2D eigenvalue weighted by molar-refractivity contribution is -0.132. The molecular formula is C21H31N3O3. The molecule has 6 heteroatoms. The number of rotatable bonds is 8. The van der Waals surface area contributed by atoms with Gasteiger partial charge in [-0.1, -0.05) is 25.5 Å². The molecule has 1 fully saturated rings. The molecule has 0 saturated carbocycles. The van der Waals surface area contributed by atoms with Crippen LogP contribution in [0.1, 0.15) is 39.0 Å². The van der Waals surface area contributed by atoms with Gasteiger partial charge in [-0.05, 0) is 50.9 Å². The van der Waals surface area contributed by atoms with E-state index < -0.39 is 5.76 Å². The third kappa shape index (κ3) is 5.01. The molecule has 1 aromatic heterocycles. The van der Waals surface area contributed by atoms with Crippen LogP contribution in [0.3, 0.4) is 0 Å². The number of unbranched alkanes of at least 4 members (excludes halogenated alkanes) is 1. The Morgan fingerprint density at radius 1 is 1.26 bits per heavy atom. The molecule has 0 atom stereocenters. The Morgan fingerprint density at radius 2 is 2.00 bits per heavy atom. The zero-order valence-corrected chi connectivity index (χ0v) is 16.5. The summed E-state index contributed by atoms with van der Waals surface area (Å²) in [5, 5.41) is 0. The van der Waals surface area contributed by atoms with Gasteiger partial charge in [-0.15, -0.1) is 0 Å². The van der Waals surface area contributed by atoms with Crippen LogP contribution in [0, 0.1) is 5.92 Å². The van der Waals surface area contributed by atoms with Crippen molar-refractivity contribution < 1.29 is 9.21 Å². The summed E-state index contributed by atoms with van der Waals surface area (Å²) in [5.41, 5.74) is 1.33. The second-order valence-corrected chi connectivity index (χ2v) is 7.68. The van der Waals surface area contributed by atoms with Gasteiger partial charge in [0.25, 0.3) is 0 Å². The third-order valence-corrected chi connectivity index (χ3v) is 5.55. The molecule has 1 aromatic carbocycles. The van der Waals surface area contributed by atoms with Crippen molar-refractivity contribution in [1.82, 2.24) is 14.4 Å². The molecule has 2 aromatic rings. The second-order valence-electron chi connectivity index (χ2n) is 7.68. The number of amides is 1. The van der Waals surface area contributed by atoms with E-state index in [4.69, 9.17) is 4.42 Å². The maximum atomic E-state index is 12.6. The smallest absolute Gasteiger partial charge is 0.408 e. The summed E-state index contributed by atoms with van der Waals surface area (Å²) >= 11 is 0. The highest BCUT2D eigenvalue weighted by molar-refractivity contribution is 5.77. The highest BCUT2D eigenvalue weighted by Gasteiger charge is 2.23. The Kier molecular flexibility index (Phi) is 6.72. The van der Waals surface area contributed by atoms with E-state index in [1.165, 1.54) is 12.8 Å². The van der Waals surface area contributed by atoms with Crippen molar-refractivity contribution in [2.75, 3.05) is 33.2 Å². The van der Waals surface area contributed by atoms with Crippen molar-refractivity contribution in [1.29, 1.82) is 0 Å². The molecule has 27 heavy (non-hydrogen) atoms. The van der Waals surface area contributed by atoms with E-state index in [-0.39, 0.29) is 5.91 Å². The van der Waals surface area contributed by atoms with Gasteiger partial charge in [0.1, 0.15) is 0 Å². The lowest BCUT2D eigenvalue weighted by Gasteiger charge is -2.34. The maximum Gasteiger partial charge on any atom is 0.419 e. The van der Waals surface area contributed by atoms with Gasteiger partial charge in [0.15, 0.2) is 5.58 Å². The van der Waals surface area contributed by atoms with E-state index >= 15 is 0 Å². The standard InChI is InChI=1S/C21H31N3O3/c1-3-4-12-22(2)16-17-9-13-23(14-10-17)20(25)11-15-24-18-7-5-6-8-19(18)27-21(24)26/h5-8,17H,3-4,9-16H2,1-2H3. The van der Waals surface area contributed by atoms with E-state index in [2.05, 4.69) is 18.9 Å². The van der Waals surface area contributed by atoms with Crippen LogP contribution in [0.15, 0.2) is 33.5 Å². The number of oxazole rings is 1. The van der Waals surface area contributed by atoms with E-state index in [0.29, 0.717) is 24.5 Å². The number of benzene rings is 1. The molecule has 0 unspecified atom stereocenters. The fraction of sp³-hybridized carbons (Fsp3) is 0.619. The molecule has 3 rings (SSSR count). The van der Waals surface area contributed by atoms with E-state index in [1.807, 2.05) is 23.1 Å². The Bertz CT molecular complexity index is 802. The van der Waals surface area contributed by atoms with Crippen LogP contribution in [0.4, 0.5) is 0 Å². The summed E-state index contributed by atoms with van der Waals surface area (Å²) in [4.78, 5) is 29.0. The Hall–Kier alpha value is -2.08. The van der Waals surface area contributed by atoms with Gasteiger partial charge < -0.3 is 14.2 Å². The molecule has 0 N–H and O–H groups in total. The lowest BCUT2D eigenvalue weighted by atomic mass is 9.96. The van der Waals surface area contributed by atoms with Crippen LogP contribution in [0.2, 0.25) is 0 Å². The fourth-order valence-electron chi connectivity index (χ4n) is 3.92. The first-order valence-electron chi connectivity index (χ1n) is 10.1. The third-order valence-electron chi connectivity index (χ3n) is 5.55. The molecule has 148 valence electrons. The van der Waals surface area contributed by atoms with Crippen molar-refractivity contribution in [3.8, 4) is 0 Å². The molecule has 0 bridgehead atoms. The predicted molar refractivity (Wildman–Crippen MR) is 107 cm³/mol. The Balaban J connectivity index is 1.47. The topological polar surface area (TPSA) is 58.7 Å². The average molecular weight is 373 g/mol. The monoisotopic (exact) mass is 373 g/mol. The molecule has 1 amide bonds. The highest BCUT2D eigenvalue weighted by atomic mass is 16.4. The van der Waals surface area contributed by atoms with E-state index in [9.17, 15) is 9.59 Å². The van der Waals surface area contributed by atoms with Gasteiger partial charge in [0.2, 0.25) is 5.91 Å². The van der Waals surface area contributed by atoms with Crippen molar-refractivity contribution >= 4 is 17.0 Å². The Morgan fingerprint density at radius 3 is 2.74 bits per heavy atom. The number of likely N-dealkylation sites (tertiary alicyclic amines) is 1. The molecular weight excluding hydrogens is 342 g/mol. The van der Waals surface area contributed by atoms with Crippen LogP contribution in [0.5, 0.6) is 0 Å². The van der Waals surface area contributed by atoms with Crippen LogP contribution >= 0.6 is 0 Å². The summed E-state index contributed by atoms with van der Waals surface area (Å²) in [7, 11) is 2.19. The number of para-hydroxylation sites is 2. The molecule has 1 saturated heterocycles. The van der Waals surface area contributed by atoms with Gasteiger partial charge >= 0.3 is 5.76 Å². The summed E-state index contributed by atoms with van der Waals surface area (Å²) < 4.78 is 6.79. The van der Waals surface area contributed by atoms with Gasteiger partial charge in [0.05, 0.1) is 5.52 Å². The van der Waals surface area contributed by atoms with Crippen LogP contribution in [-0.4, -0.2) is 53.5 Å². The largest absolute Gasteiger partial charge is 0.419 e. The molecule has 0 aliphatic carbocycles.